The van der Waals surface area contributed by atoms with Gasteiger partial charge in [-0.15, -0.1) is 0 Å². The highest BCUT2D eigenvalue weighted by molar-refractivity contribution is 5.86. The summed E-state index contributed by atoms with van der Waals surface area (Å²) >= 11 is 0. The van der Waals surface area contributed by atoms with E-state index in [9.17, 15) is 4.79 Å². The molecule has 4 nitrogen and oxygen atoms in total. The molecular formula is C10H16N2O2. The molecule has 1 amide bonds. The minimum atomic E-state index is -0.181. The lowest BCUT2D eigenvalue weighted by molar-refractivity contribution is 0.136. The Hall–Kier alpha value is -1.06. The van der Waals surface area contributed by atoms with Gasteiger partial charge in [-0.1, -0.05) is 6.92 Å². The Morgan fingerprint density at radius 2 is 2.21 bits per heavy atom. The molecule has 2 aliphatic rings. The predicted octanol–water partition coefficient (Wildman–Crippen LogP) is 1.31. The average Bonchev–Trinajstić information content (AvgIpc) is 2.29. The Morgan fingerprint density at radius 1 is 1.50 bits per heavy atom. The molecule has 0 saturated carbocycles. The Morgan fingerprint density at radius 3 is 2.93 bits per heavy atom. The SMILES string of the molecule is CC1=NCCN2C(=O)OC(C)C2C1C. The number of rotatable bonds is 0. The lowest BCUT2D eigenvalue weighted by Crippen LogP contribution is -2.42. The van der Waals surface area contributed by atoms with Crippen LogP contribution in [0.1, 0.15) is 20.8 Å². The topological polar surface area (TPSA) is 41.9 Å². The van der Waals surface area contributed by atoms with Gasteiger partial charge in [0.2, 0.25) is 0 Å². The molecule has 3 unspecified atom stereocenters. The quantitative estimate of drug-likeness (QED) is 0.586. The van der Waals surface area contributed by atoms with Crippen LogP contribution >= 0.6 is 0 Å². The van der Waals surface area contributed by atoms with Gasteiger partial charge in [0.25, 0.3) is 0 Å². The second-order valence-corrected chi connectivity index (χ2v) is 4.08. The second kappa shape index (κ2) is 3.26. The number of hydrogen-bond acceptors (Lipinski definition) is 3. The largest absolute Gasteiger partial charge is 0.444 e. The highest BCUT2D eigenvalue weighted by Gasteiger charge is 2.43. The number of carbonyl (C=O) groups excluding carboxylic acids is 1. The van der Waals surface area contributed by atoms with E-state index in [0.717, 1.165) is 5.71 Å². The minimum absolute atomic E-state index is 0.0132. The number of aliphatic imine (C=N–C) groups is 1. The first-order valence-corrected chi connectivity index (χ1v) is 5.09. The zero-order valence-corrected chi connectivity index (χ0v) is 8.86. The maximum Gasteiger partial charge on any atom is 0.410 e. The molecule has 0 aromatic carbocycles. The first-order valence-electron chi connectivity index (χ1n) is 5.09. The van der Waals surface area contributed by atoms with Crippen molar-refractivity contribution < 1.29 is 9.53 Å². The molecular weight excluding hydrogens is 180 g/mol. The van der Waals surface area contributed by atoms with Gasteiger partial charge in [-0.3, -0.25) is 9.89 Å². The molecule has 0 radical (unpaired) electrons. The highest BCUT2D eigenvalue weighted by Crippen LogP contribution is 2.27. The molecule has 0 aliphatic carbocycles. The van der Waals surface area contributed by atoms with Crippen molar-refractivity contribution in [3.05, 3.63) is 0 Å². The van der Waals surface area contributed by atoms with Crippen molar-refractivity contribution in [2.24, 2.45) is 10.9 Å². The molecule has 1 saturated heterocycles. The van der Waals surface area contributed by atoms with Crippen LogP contribution in [-0.4, -0.2) is 41.9 Å². The summed E-state index contributed by atoms with van der Waals surface area (Å²) in [4.78, 5) is 17.7. The smallest absolute Gasteiger partial charge is 0.410 e. The van der Waals surface area contributed by atoms with Gasteiger partial charge in [0, 0.05) is 18.2 Å². The second-order valence-electron chi connectivity index (χ2n) is 4.08. The number of amides is 1. The van der Waals surface area contributed by atoms with E-state index in [1.165, 1.54) is 0 Å². The summed E-state index contributed by atoms with van der Waals surface area (Å²) < 4.78 is 5.21. The molecule has 0 bridgehead atoms. The van der Waals surface area contributed by atoms with Crippen LogP contribution in [0.4, 0.5) is 4.79 Å². The zero-order valence-electron chi connectivity index (χ0n) is 8.86. The standard InChI is InChI=1S/C10H16N2O2/c1-6-7(2)11-4-5-12-9(6)8(3)14-10(12)13/h6,8-9H,4-5H2,1-3H3. The first-order chi connectivity index (χ1) is 6.61. The van der Waals surface area contributed by atoms with Crippen LogP contribution in [0, 0.1) is 5.92 Å². The van der Waals surface area contributed by atoms with E-state index in [1.807, 2.05) is 18.7 Å². The molecule has 2 aliphatic heterocycles. The summed E-state index contributed by atoms with van der Waals surface area (Å²) in [6.07, 6.45) is -0.194. The summed E-state index contributed by atoms with van der Waals surface area (Å²) in [5.41, 5.74) is 1.13. The number of hydrogen-bond donors (Lipinski definition) is 0. The van der Waals surface area contributed by atoms with Crippen LogP contribution in [-0.2, 0) is 4.74 Å². The molecule has 0 aromatic heterocycles. The average molecular weight is 196 g/mol. The Labute approximate surface area is 83.9 Å². The van der Waals surface area contributed by atoms with E-state index < -0.39 is 0 Å². The van der Waals surface area contributed by atoms with Gasteiger partial charge in [0.05, 0.1) is 12.6 Å². The van der Waals surface area contributed by atoms with Gasteiger partial charge < -0.3 is 4.74 Å². The van der Waals surface area contributed by atoms with Crippen molar-refractivity contribution >= 4 is 11.8 Å². The van der Waals surface area contributed by atoms with Crippen molar-refractivity contribution in [3.8, 4) is 0 Å². The fourth-order valence-corrected chi connectivity index (χ4v) is 2.31. The van der Waals surface area contributed by atoms with Crippen molar-refractivity contribution in [2.45, 2.75) is 32.9 Å². The normalized spacial score (nSPS) is 37.4. The van der Waals surface area contributed by atoms with Gasteiger partial charge in [0.15, 0.2) is 0 Å². The van der Waals surface area contributed by atoms with Crippen molar-refractivity contribution in [1.29, 1.82) is 0 Å². The fourth-order valence-electron chi connectivity index (χ4n) is 2.31. The summed E-state index contributed by atoms with van der Waals surface area (Å²) in [5, 5.41) is 0. The molecule has 14 heavy (non-hydrogen) atoms. The molecule has 2 rings (SSSR count). The van der Waals surface area contributed by atoms with Gasteiger partial charge >= 0.3 is 6.09 Å². The maximum atomic E-state index is 11.5. The van der Waals surface area contributed by atoms with Crippen molar-refractivity contribution in [2.75, 3.05) is 13.1 Å². The molecule has 4 heteroatoms. The van der Waals surface area contributed by atoms with Crippen LogP contribution in [0.15, 0.2) is 4.99 Å². The van der Waals surface area contributed by atoms with Gasteiger partial charge in [0.1, 0.15) is 6.10 Å². The van der Waals surface area contributed by atoms with Crippen LogP contribution in [0.5, 0.6) is 0 Å². The summed E-state index contributed by atoms with van der Waals surface area (Å²) in [5.74, 6) is 0.305. The Bertz CT molecular complexity index is 288. The van der Waals surface area contributed by atoms with Crippen LogP contribution in [0.25, 0.3) is 0 Å². The zero-order chi connectivity index (χ0) is 10.3. The third-order valence-corrected chi connectivity index (χ3v) is 3.24. The maximum absolute atomic E-state index is 11.5. The summed E-state index contributed by atoms with van der Waals surface area (Å²) in [6, 6.07) is 0.175. The fraction of sp³-hybridized carbons (Fsp3) is 0.800. The lowest BCUT2D eigenvalue weighted by Gasteiger charge is -2.25. The molecule has 0 N–H and O–H groups in total. The molecule has 2 heterocycles. The Balaban J connectivity index is 2.28. The monoisotopic (exact) mass is 196 g/mol. The number of carbonyl (C=O) groups is 1. The number of ether oxygens (including phenoxy) is 1. The lowest BCUT2D eigenvalue weighted by atomic mass is 9.93. The van der Waals surface area contributed by atoms with Crippen LogP contribution in [0.2, 0.25) is 0 Å². The van der Waals surface area contributed by atoms with E-state index >= 15 is 0 Å². The van der Waals surface area contributed by atoms with Gasteiger partial charge in [-0.05, 0) is 13.8 Å². The Kier molecular flexibility index (Phi) is 2.21. The minimum Gasteiger partial charge on any atom is -0.444 e. The van der Waals surface area contributed by atoms with E-state index in [1.54, 1.807) is 0 Å². The van der Waals surface area contributed by atoms with Gasteiger partial charge in [-0.2, -0.15) is 0 Å². The third kappa shape index (κ3) is 1.29. The van der Waals surface area contributed by atoms with E-state index in [0.29, 0.717) is 19.0 Å². The number of fused-ring (bicyclic) bond motifs is 1. The van der Waals surface area contributed by atoms with E-state index in [2.05, 4.69) is 11.9 Å². The van der Waals surface area contributed by atoms with Gasteiger partial charge in [-0.25, -0.2) is 4.79 Å². The first kappa shape index (κ1) is 9.49. The molecule has 78 valence electrons. The summed E-state index contributed by atoms with van der Waals surface area (Å²) in [7, 11) is 0. The highest BCUT2D eigenvalue weighted by atomic mass is 16.6. The van der Waals surface area contributed by atoms with E-state index in [4.69, 9.17) is 4.74 Å². The van der Waals surface area contributed by atoms with Crippen molar-refractivity contribution in [3.63, 3.8) is 0 Å². The molecule has 1 fully saturated rings. The van der Waals surface area contributed by atoms with Crippen LogP contribution < -0.4 is 0 Å². The van der Waals surface area contributed by atoms with E-state index in [-0.39, 0.29) is 18.2 Å². The summed E-state index contributed by atoms with van der Waals surface area (Å²) in [6.45, 7) is 7.49. The third-order valence-electron chi connectivity index (χ3n) is 3.24. The molecule has 0 spiro atoms. The number of cyclic esters (lactones) is 1. The number of nitrogens with zero attached hydrogens (tertiary/aromatic N) is 2. The molecule has 3 atom stereocenters. The predicted molar refractivity (Wildman–Crippen MR) is 53.6 cm³/mol. The molecule has 0 aromatic rings. The van der Waals surface area contributed by atoms with Crippen LogP contribution in [0.3, 0.4) is 0 Å². The van der Waals surface area contributed by atoms with Crippen molar-refractivity contribution in [1.82, 2.24) is 4.90 Å².